The molecule has 1 N–H and O–H groups in total. The molecular formula is C16H16N2O2. The predicted octanol–water partition coefficient (Wildman–Crippen LogP) is 1.61. The molecule has 1 aliphatic carbocycles. The van der Waals surface area contributed by atoms with Crippen LogP contribution >= 0.6 is 0 Å². The third-order valence-electron chi connectivity index (χ3n) is 3.95. The lowest BCUT2D eigenvalue weighted by molar-refractivity contribution is 0.0736. The summed E-state index contributed by atoms with van der Waals surface area (Å²) in [7, 11) is 1.77. The van der Waals surface area contributed by atoms with Crippen LogP contribution < -0.4 is 5.56 Å². The van der Waals surface area contributed by atoms with E-state index in [4.69, 9.17) is 0 Å². The van der Waals surface area contributed by atoms with E-state index in [0.717, 1.165) is 12.8 Å². The van der Waals surface area contributed by atoms with Gasteiger partial charge in [-0.25, -0.2) is 0 Å². The second kappa shape index (κ2) is 4.96. The molecule has 0 aliphatic heterocycles. The number of amides is 1. The SMILES string of the molecule is CN(C(=O)c1ccc[nH]c1=O)C1Cc2ccccc2C1. The van der Waals surface area contributed by atoms with Crippen LogP contribution in [0, 0.1) is 0 Å². The van der Waals surface area contributed by atoms with E-state index in [0.29, 0.717) is 0 Å². The standard InChI is InChI=1S/C16H16N2O2/c1-18(16(20)14-7-4-8-17-15(14)19)13-9-11-5-2-3-6-12(11)10-13/h2-8,13H,9-10H2,1H3,(H,17,19). The molecule has 1 aliphatic rings. The van der Waals surface area contributed by atoms with Crippen LogP contribution in [0.5, 0.6) is 0 Å². The molecule has 1 heterocycles. The molecule has 1 amide bonds. The van der Waals surface area contributed by atoms with Gasteiger partial charge in [0.15, 0.2) is 0 Å². The highest BCUT2D eigenvalue weighted by molar-refractivity contribution is 5.93. The first-order chi connectivity index (χ1) is 9.66. The zero-order valence-electron chi connectivity index (χ0n) is 11.3. The van der Waals surface area contributed by atoms with Gasteiger partial charge in [0.1, 0.15) is 5.56 Å². The zero-order valence-corrected chi connectivity index (χ0v) is 11.3. The van der Waals surface area contributed by atoms with Crippen molar-refractivity contribution in [3.05, 3.63) is 69.6 Å². The number of aromatic nitrogens is 1. The van der Waals surface area contributed by atoms with Gasteiger partial charge in [0, 0.05) is 19.3 Å². The summed E-state index contributed by atoms with van der Waals surface area (Å²) in [6, 6.07) is 11.6. The van der Waals surface area contributed by atoms with Gasteiger partial charge in [-0.1, -0.05) is 24.3 Å². The van der Waals surface area contributed by atoms with Crippen molar-refractivity contribution in [1.82, 2.24) is 9.88 Å². The molecule has 0 radical (unpaired) electrons. The third-order valence-corrected chi connectivity index (χ3v) is 3.95. The number of nitrogens with zero attached hydrogens (tertiary/aromatic N) is 1. The lowest BCUT2D eigenvalue weighted by Gasteiger charge is -2.24. The number of likely N-dealkylation sites (N-methyl/N-ethyl adjacent to an activating group) is 1. The number of benzene rings is 1. The van der Waals surface area contributed by atoms with Crippen LogP contribution in [0.3, 0.4) is 0 Å². The number of pyridine rings is 1. The molecule has 4 heteroatoms. The molecule has 0 saturated carbocycles. The molecule has 0 saturated heterocycles. The van der Waals surface area contributed by atoms with E-state index in [1.54, 1.807) is 24.1 Å². The first-order valence-electron chi connectivity index (χ1n) is 6.68. The van der Waals surface area contributed by atoms with Crippen molar-refractivity contribution >= 4 is 5.91 Å². The van der Waals surface area contributed by atoms with Crippen LogP contribution in [0.25, 0.3) is 0 Å². The van der Waals surface area contributed by atoms with Crippen molar-refractivity contribution in [1.29, 1.82) is 0 Å². The summed E-state index contributed by atoms with van der Waals surface area (Å²) in [5.74, 6) is -0.218. The van der Waals surface area contributed by atoms with Crippen LogP contribution in [-0.2, 0) is 12.8 Å². The minimum atomic E-state index is -0.333. The fourth-order valence-corrected chi connectivity index (χ4v) is 2.76. The predicted molar refractivity (Wildman–Crippen MR) is 76.8 cm³/mol. The van der Waals surface area contributed by atoms with Crippen LogP contribution in [0.15, 0.2) is 47.4 Å². The van der Waals surface area contributed by atoms with E-state index in [1.165, 1.54) is 17.3 Å². The van der Waals surface area contributed by atoms with E-state index in [1.807, 2.05) is 12.1 Å². The zero-order chi connectivity index (χ0) is 14.1. The molecule has 1 aromatic carbocycles. The Kier molecular flexibility index (Phi) is 3.14. The average Bonchev–Trinajstić information content (AvgIpc) is 2.90. The Morgan fingerprint density at radius 1 is 1.15 bits per heavy atom. The minimum Gasteiger partial charge on any atom is -0.338 e. The first kappa shape index (κ1) is 12.7. The molecule has 0 fully saturated rings. The Hall–Kier alpha value is -2.36. The van der Waals surface area contributed by atoms with Gasteiger partial charge in [-0.05, 0) is 36.1 Å². The summed E-state index contributed by atoms with van der Waals surface area (Å²) < 4.78 is 0. The summed E-state index contributed by atoms with van der Waals surface area (Å²) in [4.78, 5) is 28.3. The van der Waals surface area contributed by atoms with Crippen LogP contribution in [-0.4, -0.2) is 28.9 Å². The smallest absolute Gasteiger partial charge is 0.260 e. The summed E-state index contributed by atoms with van der Waals surface area (Å²) in [5.41, 5.74) is 2.45. The summed E-state index contributed by atoms with van der Waals surface area (Å²) in [6.07, 6.45) is 3.23. The number of hydrogen-bond donors (Lipinski definition) is 1. The van der Waals surface area contributed by atoms with Crippen molar-refractivity contribution in [2.45, 2.75) is 18.9 Å². The molecule has 3 rings (SSSR count). The molecular weight excluding hydrogens is 252 g/mol. The highest BCUT2D eigenvalue weighted by Crippen LogP contribution is 2.25. The average molecular weight is 268 g/mol. The fourth-order valence-electron chi connectivity index (χ4n) is 2.76. The lowest BCUT2D eigenvalue weighted by atomic mass is 10.1. The lowest BCUT2D eigenvalue weighted by Crippen LogP contribution is -2.39. The molecule has 2 aromatic rings. The summed E-state index contributed by atoms with van der Waals surface area (Å²) in [6.45, 7) is 0. The molecule has 4 nitrogen and oxygen atoms in total. The highest BCUT2D eigenvalue weighted by atomic mass is 16.2. The maximum Gasteiger partial charge on any atom is 0.260 e. The van der Waals surface area contributed by atoms with E-state index < -0.39 is 0 Å². The molecule has 0 atom stereocenters. The Balaban J connectivity index is 1.82. The summed E-state index contributed by atoms with van der Waals surface area (Å²) in [5, 5.41) is 0. The summed E-state index contributed by atoms with van der Waals surface area (Å²) >= 11 is 0. The van der Waals surface area contributed by atoms with Gasteiger partial charge in [-0.15, -0.1) is 0 Å². The van der Waals surface area contributed by atoms with Crippen LogP contribution in [0.2, 0.25) is 0 Å². The van der Waals surface area contributed by atoms with Gasteiger partial charge in [0.05, 0.1) is 0 Å². The number of H-pyrrole nitrogens is 1. The van der Waals surface area contributed by atoms with Crippen molar-refractivity contribution in [2.24, 2.45) is 0 Å². The number of hydrogen-bond acceptors (Lipinski definition) is 2. The number of aromatic amines is 1. The number of carbonyl (C=O) groups is 1. The Labute approximate surface area is 117 Å². The Morgan fingerprint density at radius 3 is 2.40 bits per heavy atom. The number of rotatable bonds is 2. The molecule has 0 spiro atoms. The van der Waals surface area contributed by atoms with Crippen molar-refractivity contribution in [3.8, 4) is 0 Å². The monoisotopic (exact) mass is 268 g/mol. The van der Waals surface area contributed by atoms with E-state index in [-0.39, 0.29) is 23.1 Å². The number of nitrogens with one attached hydrogen (secondary N) is 1. The Morgan fingerprint density at radius 2 is 1.80 bits per heavy atom. The molecule has 0 bridgehead atoms. The molecule has 1 aromatic heterocycles. The Bertz CT molecular complexity index is 680. The van der Waals surface area contributed by atoms with Crippen LogP contribution in [0.1, 0.15) is 21.5 Å². The minimum absolute atomic E-state index is 0.125. The van der Waals surface area contributed by atoms with Gasteiger partial charge >= 0.3 is 0 Å². The normalized spacial score (nSPS) is 14.1. The van der Waals surface area contributed by atoms with Gasteiger partial charge in [0.2, 0.25) is 0 Å². The van der Waals surface area contributed by atoms with Gasteiger partial charge in [-0.3, -0.25) is 9.59 Å². The van der Waals surface area contributed by atoms with Crippen LogP contribution in [0.4, 0.5) is 0 Å². The van der Waals surface area contributed by atoms with E-state index in [9.17, 15) is 9.59 Å². The largest absolute Gasteiger partial charge is 0.338 e. The van der Waals surface area contributed by atoms with E-state index >= 15 is 0 Å². The highest BCUT2D eigenvalue weighted by Gasteiger charge is 2.28. The van der Waals surface area contributed by atoms with Crippen molar-refractivity contribution < 1.29 is 4.79 Å². The molecule has 0 unspecified atom stereocenters. The third kappa shape index (κ3) is 2.13. The van der Waals surface area contributed by atoms with E-state index in [2.05, 4.69) is 17.1 Å². The van der Waals surface area contributed by atoms with Gasteiger partial charge in [-0.2, -0.15) is 0 Å². The number of fused-ring (bicyclic) bond motifs is 1. The molecule has 20 heavy (non-hydrogen) atoms. The maximum absolute atomic E-state index is 12.4. The topological polar surface area (TPSA) is 53.2 Å². The number of carbonyl (C=O) groups excluding carboxylic acids is 1. The van der Waals surface area contributed by atoms with Crippen molar-refractivity contribution in [2.75, 3.05) is 7.05 Å². The maximum atomic E-state index is 12.4. The second-order valence-corrected chi connectivity index (χ2v) is 5.16. The quantitative estimate of drug-likeness (QED) is 0.899. The van der Waals surface area contributed by atoms with Gasteiger partial charge in [0.25, 0.3) is 11.5 Å². The van der Waals surface area contributed by atoms with Crippen molar-refractivity contribution in [3.63, 3.8) is 0 Å². The fraction of sp³-hybridized carbons (Fsp3) is 0.250. The first-order valence-corrected chi connectivity index (χ1v) is 6.68. The molecule has 102 valence electrons. The second-order valence-electron chi connectivity index (χ2n) is 5.16. The van der Waals surface area contributed by atoms with Gasteiger partial charge < -0.3 is 9.88 Å².